The van der Waals surface area contributed by atoms with Crippen molar-refractivity contribution in [2.24, 2.45) is 0 Å². The van der Waals surface area contributed by atoms with Crippen LogP contribution >= 0.6 is 46.3 Å². The predicted octanol–water partition coefficient (Wildman–Crippen LogP) is 4.78. The molecule has 10 heteroatoms. The SMILES string of the molecule is O=C(Nc1nnc(SCC(=O)N2CCc3ccccc32)s1)c1cc(Cl)cc(Cl)c1. The lowest BCUT2D eigenvalue weighted by Crippen LogP contribution is -2.30. The zero-order chi connectivity index (χ0) is 20.4. The van der Waals surface area contributed by atoms with E-state index in [1.54, 1.807) is 11.0 Å². The monoisotopic (exact) mass is 464 g/mol. The number of hydrogen-bond acceptors (Lipinski definition) is 6. The fourth-order valence-electron chi connectivity index (χ4n) is 2.97. The van der Waals surface area contributed by atoms with Crippen LogP contribution in [0.5, 0.6) is 0 Å². The number of carbonyl (C=O) groups excluding carboxylic acids is 2. The average Bonchev–Trinajstić information content (AvgIpc) is 3.32. The van der Waals surface area contributed by atoms with Crippen LogP contribution in [0.4, 0.5) is 10.8 Å². The highest BCUT2D eigenvalue weighted by Gasteiger charge is 2.24. The highest BCUT2D eigenvalue weighted by Crippen LogP contribution is 2.30. The second kappa shape index (κ2) is 8.71. The third-order valence-corrected chi connectivity index (χ3v) is 6.65. The van der Waals surface area contributed by atoms with Crippen LogP contribution in [0.1, 0.15) is 15.9 Å². The second-order valence-electron chi connectivity index (χ2n) is 6.20. The van der Waals surface area contributed by atoms with Crippen LogP contribution in [0.15, 0.2) is 46.8 Å². The molecule has 2 heterocycles. The number of halogens is 2. The van der Waals surface area contributed by atoms with E-state index in [0.717, 1.165) is 12.1 Å². The van der Waals surface area contributed by atoms with Gasteiger partial charge in [0.1, 0.15) is 0 Å². The quantitative estimate of drug-likeness (QED) is 0.434. The van der Waals surface area contributed by atoms with E-state index in [1.807, 2.05) is 24.3 Å². The summed E-state index contributed by atoms with van der Waals surface area (Å²) in [6.07, 6.45) is 0.870. The first-order chi connectivity index (χ1) is 14.0. The van der Waals surface area contributed by atoms with E-state index in [9.17, 15) is 9.59 Å². The van der Waals surface area contributed by atoms with Crippen molar-refractivity contribution >= 4 is 68.9 Å². The van der Waals surface area contributed by atoms with Crippen LogP contribution in [0.3, 0.4) is 0 Å². The lowest BCUT2D eigenvalue weighted by atomic mass is 10.2. The molecule has 0 radical (unpaired) electrons. The van der Waals surface area contributed by atoms with Crippen molar-refractivity contribution in [3.05, 3.63) is 63.6 Å². The van der Waals surface area contributed by atoms with Crippen LogP contribution in [-0.2, 0) is 11.2 Å². The number of anilines is 2. The largest absolute Gasteiger partial charge is 0.311 e. The van der Waals surface area contributed by atoms with Gasteiger partial charge in [-0.05, 0) is 36.2 Å². The molecule has 0 bridgehead atoms. The van der Waals surface area contributed by atoms with Crippen LogP contribution in [-0.4, -0.2) is 34.3 Å². The molecule has 6 nitrogen and oxygen atoms in total. The van der Waals surface area contributed by atoms with E-state index in [2.05, 4.69) is 15.5 Å². The van der Waals surface area contributed by atoms with Gasteiger partial charge < -0.3 is 4.90 Å². The van der Waals surface area contributed by atoms with Crippen molar-refractivity contribution in [2.45, 2.75) is 10.8 Å². The fourth-order valence-corrected chi connectivity index (χ4v) is 5.12. The highest BCUT2D eigenvalue weighted by molar-refractivity contribution is 8.01. The fraction of sp³-hybridized carbons (Fsp3) is 0.158. The maximum Gasteiger partial charge on any atom is 0.257 e. The number of rotatable bonds is 5. The number of para-hydroxylation sites is 1. The number of nitrogens with zero attached hydrogens (tertiary/aromatic N) is 3. The van der Waals surface area contributed by atoms with Crippen LogP contribution in [0.25, 0.3) is 0 Å². The molecular weight excluding hydrogens is 451 g/mol. The summed E-state index contributed by atoms with van der Waals surface area (Å²) < 4.78 is 0.602. The van der Waals surface area contributed by atoms with E-state index < -0.39 is 0 Å². The van der Waals surface area contributed by atoms with Crippen molar-refractivity contribution in [1.82, 2.24) is 10.2 Å². The lowest BCUT2D eigenvalue weighted by Gasteiger charge is -2.16. The minimum absolute atomic E-state index is 0.0225. The van der Waals surface area contributed by atoms with Crippen molar-refractivity contribution in [2.75, 3.05) is 22.5 Å². The summed E-state index contributed by atoms with van der Waals surface area (Å²) in [5, 5.41) is 11.8. The lowest BCUT2D eigenvalue weighted by molar-refractivity contribution is -0.116. The Hall–Kier alpha value is -2.13. The van der Waals surface area contributed by atoms with Crippen molar-refractivity contribution in [1.29, 1.82) is 0 Å². The molecule has 0 saturated carbocycles. The molecule has 1 aliphatic heterocycles. The van der Waals surface area contributed by atoms with Gasteiger partial charge in [-0.25, -0.2) is 0 Å². The van der Waals surface area contributed by atoms with Gasteiger partial charge in [0.25, 0.3) is 5.91 Å². The number of benzene rings is 2. The molecular formula is C19H14Cl2N4O2S2. The Morgan fingerprint density at radius 1 is 1.14 bits per heavy atom. The third kappa shape index (κ3) is 4.72. The van der Waals surface area contributed by atoms with Crippen molar-refractivity contribution in [3.63, 3.8) is 0 Å². The van der Waals surface area contributed by atoms with Crippen LogP contribution in [0, 0.1) is 0 Å². The second-order valence-corrected chi connectivity index (χ2v) is 9.27. The maximum absolute atomic E-state index is 12.6. The van der Waals surface area contributed by atoms with E-state index in [1.165, 1.54) is 40.8 Å². The molecule has 2 aromatic carbocycles. The maximum atomic E-state index is 12.6. The molecule has 0 fully saturated rings. The van der Waals surface area contributed by atoms with Crippen LogP contribution in [0.2, 0.25) is 10.0 Å². The number of amides is 2. The van der Waals surface area contributed by atoms with Gasteiger partial charge in [0, 0.05) is 27.8 Å². The summed E-state index contributed by atoms with van der Waals surface area (Å²) in [5.41, 5.74) is 2.49. The third-order valence-electron chi connectivity index (χ3n) is 4.26. The number of fused-ring (bicyclic) bond motifs is 1. The molecule has 2 amide bonds. The molecule has 0 aliphatic carbocycles. The van der Waals surface area contributed by atoms with Gasteiger partial charge in [0.2, 0.25) is 11.0 Å². The summed E-state index contributed by atoms with van der Waals surface area (Å²) in [6, 6.07) is 12.5. The smallest absolute Gasteiger partial charge is 0.257 e. The summed E-state index contributed by atoms with van der Waals surface area (Å²) in [4.78, 5) is 26.7. The van der Waals surface area contributed by atoms with Crippen molar-refractivity contribution in [3.8, 4) is 0 Å². The number of thioether (sulfide) groups is 1. The Balaban J connectivity index is 1.35. The molecule has 0 spiro atoms. The molecule has 1 aromatic heterocycles. The van der Waals surface area contributed by atoms with E-state index >= 15 is 0 Å². The zero-order valence-electron chi connectivity index (χ0n) is 14.9. The topological polar surface area (TPSA) is 75.2 Å². The Morgan fingerprint density at radius 2 is 1.90 bits per heavy atom. The molecule has 0 unspecified atom stereocenters. The molecule has 0 atom stereocenters. The molecule has 148 valence electrons. The van der Waals surface area contributed by atoms with E-state index in [-0.39, 0.29) is 17.6 Å². The van der Waals surface area contributed by atoms with Gasteiger partial charge in [-0.15, -0.1) is 10.2 Å². The predicted molar refractivity (Wildman–Crippen MR) is 118 cm³/mol. The summed E-state index contributed by atoms with van der Waals surface area (Å²) >= 11 is 14.4. The molecule has 4 rings (SSSR count). The summed E-state index contributed by atoms with van der Waals surface area (Å²) in [7, 11) is 0. The van der Waals surface area contributed by atoms with E-state index in [4.69, 9.17) is 23.2 Å². The Bertz CT molecular complexity index is 1070. The number of nitrogens with one attached hydrogen (secondary N) is 1. The molecule has 3 aromatic rings. The highest BCUT2D eigenvalue weighted by atomic mass is 35.5. The molecule has 0 saturated heterocycles. The zero-order valence-corrected chi connectivity index (χ0v) is 18.0. The van der Waals surface area contributed by atoms with E-state index in [0.29, 0.717) is 31.6 Å². The Morgan fingerprint density at radius 3 is 2.69 bits per heavy atom. The van der Waals surface area contributed by atoms with Gasteiger partial charge in [-0.1, -0.05) is 64.5 Å². The number of aromatic nitrogens is 2. The summed E-state index contributed by atoms with van der Waals surface area (Å²) in [5.74, 6) is -0.109. The van der Waals surface area contributed by atoms with Gasteiger partial charge in [-0.2, -0.15) is 0 Å². The Labute approximate surface area is 185 Å². The standard InChI is InChI=1S/C19H14Cl2N4O2S2/c20-13-7-12(8-14(21)9-13)17(27)22-18-23-24-19(29-18)28-10-16(26)25-6-5-11-3-1-2-4-15(11)25/h1-4,7-9H,5-6,10H2,(H,22,23,27). The normalized spacial score (nSPS) is 12.7. The summed E-state index contributed by atoms with van der Waals surface area (Å²) in [6.45, 7) is 0.693. The van der Waals surface area contributed by atoms with Crippen molar-refractivity contribution < 1.29 is 9.59 Å². The average molecular weight is 465 g/mol. The van der Waals surface area contributed by atoms with Gasteiger partial charge in [-0.3, -0.25) is 14.9 Å². The first-order valence-electron chi connectivity index (χ1n) is 8.61. The first kappa shape index (κ1) is 20.2. The minimum atomic E-state index is -0.383. The molecule has 1 N–H and O–H groups in total. The Kier molecular flexibility index (Phi) is 6.05. The molecule has 29 heavy (non-hydrogen) atoms. The minimum Gasteiger partial charge on any atom is -0.311 e. The van der Waals surface area contributed by atoms with Crippen LogP contribution < -0.4 is 10.2 Å². The van der Waals surface area contributed by atoms with Gasteiger partial charge >= 0.3 is 0 Å². The number of hydrogen-bond donors (Lipinski definition) is 1. The van der Waals surface area contributed by atoms with Gasteiger partial charge in [0.05, 0.1) is 5.75 Å². The number of carbonyl (C=O) groups is 2. The first-order valence-corrected chi connectivity index (χ1v) is 11.2. The molecule has 1 aliphatic rings. The van der Waals surface area contributed by atoms with Gasteiger partial charge in [0.15, 0.2) is 4.34 Å².